The van der Waals surface area contributed by atoms with Gasteiger partial charge in [-0.1, -0.05) is 12.7 Å². The molecule has 0 aliphatic heterocycles. The number of rotatable bonds is 5. The van der Waals surface area contributed by atoms with Crippen LogP contribution in [0.3, 0.4) is 0 Å². The molecule has 1 atom stereocenters. The molecule has 0 aliphatic carbocycles. The Kier molecular flexibility index (Phi) is 4.64. The van der Waals surface area contributed by atoms with Gasteiger partial charge in [-0.3, -0.25) is 4.18 Å². The maximum atomic E-state index is 10.9. The molecule has 0 fully saturated rings. The molecule has 0 spiro atoms. The summed E-state index contributed by atoms with van der Waals surface area (Å²) in [6, 6.07) is 0. The zero-order chi connectivity index (χ0) is 10.5. The van der Waals surface area contributed by atoms with E-state index in [0.29, 0.717) is 0 Å². The van der Waals surface area contributed by atoms with Crippen LogP contribution in [0, 0.1) is 0 Å². The van der Waals surface area contributed by atoms with Crippen LogP contribution in [0.5, 0.6) is 0 Å². The topological polar surface area (TPSA) is 69.7 Å². The van der Waals surface area contributed by atoms with E-state index in [9.17, 15) is 13.2 Å². The number of hydrogen-bond acceptors (Lipinski definition) is 5. The molecular formula is C7H12O5S. The normalized spacial score (nSPS) is 13.4. The van der Waals surface area contributed by atoms with Gasteiger partial charge in [-0.05, 0) is 6.92 Å². The third-order valence-corrected chi connectivity index (χ3v) is 1.63. The maximum absolute atomic E-state index is 10.9. The van der Waals surface area contributed by atoms with Crippen LogP contribution in [0.1, 0.15) is 6.92 Å². The Hall–Kier alpha value is -0.880. The van der Waals surface area contributed by atoms with Crippen molar-refractivity contribution >= 4 is 16.1 Å². The fraction of sp³-hybridized carbons (Fsp3) is 0.571. The Morgan fingerprint density at radius 2 is 2.15 bits per heavy atom. The molecule has 0 aromatic carbocycles. The van der Waals surface area contributed by atoms with Crippen molar-refractivity contribution in [3.8, 4) is 0 Å². The van der Waals surface area contributed by atoms with Crippen LogP contribution in [0.2, 0.25) is 0 Å². The van der Waals surface area contributed by atoms with Crippen molar-refractivity contribution < 1.29 is 22.1 Å². The van der Waals surface area contributed by atoms with Crippen molar-refractivity contribution in [2.24, 2.45) is 0 Å². The first-order valence-electron chi connectivity index (χ1n) is 3.52. The fourth-order valence-corrected chi connectivity index (χ4v) is 1.16. The Bertz CT molecular complexity index is 279. The molecule has 0 N–H and O–H groups in total. The molecule has 0 aromatic heterocycles. The van der Waals surface area contributed by atoms with Gasteiger partial charge in [0.25, 0.3) is 10.1 Å². The molecule has 0 saturated heterocycles. The van der Waals surface area contributed by atoms with Gasteiger partial charge in [-0.15, -0.1) is 0 Å². The molecule has 0 saturated carbocycles. The monoisotopic (exact) mass is 208 g/mol. The molecule has 13 heavy (non-hydrogen) atoms. The van der Waals surface area contributed by atoms with E-state index in [1.807, 2.05) is 0 Å². The van der Waals surface area contributed by atoms with Crippen LogP contribution in [0.4, 0.5) is 0 Å². The van der Waals surface area contributed by atoms with Crippen LogP contribution < -0.4 is 0 Å². The molecular weight excluding hydrogens is 196 g/mol. The van der Waals surface area contributed by atoms with Gasteiger partial charge >= 0.3 is 5.97 Å². The molecule has 0 amide bonds. The largest absolute Gasteiger partial charge is 0.460 e. The van der Waals surface area contributed by atoms with E-state index >= 15 is 0 Å². The zero-order valence-corrected chi connectivity index (χ0v) is 8.33. The van der Waals surface area contributed by atoms with Gasteiger partial charge in [0.15, 0.2) is 6.10 Å². The van der Waals surface area contributed by atoms with Crippen molar-refractivity contribution in [3.63, 3.8) is 0 Å². The predicted molar refractivity (Wildman–Crippen MR) is 46.5 cm³/mol. The number of esters is 1. The van der Waals surface area contributed by atoms with Crippen molar-refractivity contribution in [3.05, 3.63) is 12.7 Å². The molecule has 0 aliphatic rings. The van der Waals surface area contributed by atoms with Crippen LogP contribution in [0.15, 0.2) is 12.7 Å². The number of hydrogen-bond donors (Lipinski definition) is 0. The highest BCUT2D eigenvalue weighted by Gasteiger charge is 2.19. The van der Waals surface area contributed by atoms with E-state index in [1.165, 1.54) is 13.0 Å². The summed E-state index contributed by atoms with van der Waals surface area (Å²) in [6.45, 7) is 4.67. The highest BCUT2D eigenvalue weighted by atomic mass is 32.2. The number of ether oxygens (including phenoxy) is 1. The first-order valence-corrected chi connectivity index (χ1v) is 5.34. The lowest BCUT2D eigenvalue weighted by molar-refractivity contribution is -0.149. The van der Waals surface area contributed by atoms with Gasteiger partial charge in [-0.25, -0.2) is 4.79 Å². The van der Waals surface area contributed by atoms with Gasteiger partial charge in [-0.2, -0.15) is 8.42 Å². The Morgan fingerprint density at radius 3 is 2.54 bits per heavy atom. The average molecular weight is 208 g/mol. The lowest BCUT2D eigenvalue weighted by atomic mass is 10.4. The summed E-state index contributed by atoms with van der Waals surface area (Å²) in [4.78, 5) is 10.9. The zero-order valence-electron chi connectivity index (χ0n) is 7.52. The standard InChI is InChI=1S/C7H12O5S/c1-4-5-11-7(8)6(2)12-13(3,9)10/h4,6H,1,5H2,2-3H3. The molecule has 5 nitrogen and oxygen atoms in total. The molecule has 0 rings (SSSR count). The van der Waals surface area contributed by atoms with E-state index in [4.69, 9.17) is 0 Å². The summed E-state index contributed by atoms with van der Waals surface area (Å²) in [5, 5.41) is 0. The van der Waals surface area contributed by atoms with Crippen LogP contribution in [0.25, 0.3) is 0 Å². The van der Waals surface area contributed by atoms with Crippen LogP contribution in [-0.4, -0.2) is 33.4 Å². The summed E-state index contributed by atoms with van der Waals surface area (Å²) >= 11 is 0. The Labute approximate surface area is 77.5 Å². The highest BCUT2D eigenvalue weighted by molar-refractivity contribution is 7.86. The lowest BCUT2D eigenvalue weighted by Gasteiger charge is -2.09. The smallest absolute Gasteiger partial charge is 0.336 e. The van der Waals surface area contributed by atoms with Gasteiger partial charge in [0, 0.05) is 0 Å². The summed E-state index contributed by atoms with van der Waals surface area (Å²) in [5.41, 5.74) is 0. The lowest BCUT2D eigenvalue weighted by Crippen LogP contribution is -2.25. The van der Waals surface area contributed by atoms with E-state index in [0.717, 1.165) is 6.26 Å². The predicted octanol–water partition coefficient (Wildman–Crippen LogP) is 0.0803. The van der Waals surface area contributed by atoms with Gasteiger partial charge in [0.1, 0.15) is 6.61 Å². The van der Waals surface area contributed by atoms with Crippen molar-refractivity contribution in [1.29, 1.82) is 0 Å². The summed E-state index contributed by atoms with van der Waals surface area (Å²) in [5.74, 6) is -0.731. The molecule has 0 heterocycles. The second-order valence-electron chi connectivity index (χ2n) is 2.36. The van der Waals surface area contributed by atoms with Crippen LogP contribution >= 0.6 is 0 Å². The molecule has 76 valence electrons. The SMILES string of the molecule is C=CCOC(=O)C(C)OS(C)(=O)=O. The molecule has 0 bridgehead atoms. The third kappa shape index (κ3) is 6.30. The van der Waals surface area contributed by atoms with Gasteiger partial charge < -0.3 is 4.74 Å². The minimum Gasteiger partial charge on any atom is -0.460 e. The van der Waals surface area contributed by atoms with Crippen molar-refractivity contribution in [2.75, 3.05) is 12.9 Å². The second kappa shape index (κ2) is 4.98. The van der Waals surface area contributed by atoms with E-state index in [-0.39, 0.29) is 6.61 Å². The number of carbonyl (C=O) groups excluding carboxylic acids is 1. The Morgan fingerprint density at radius 1 is 1.62 bits per heavy atom. The summed E-state index contributed by atoms with van der Waals surface area (Å²) in [6.07, 6.45) is 1.13. The highest BCUT2D eigenvalue weighted by Crippen LogP contribution is 1.99. The molecule has 6 heteroatoms. The minimum atomic E-state index is -3.62. The summed E-state index contributed by atoms with van der Waals surface area (Å²) < 4.78 is 30.1. The maximum Gasteiger partial charge on any atom is 0.336 e. The third-order valence-electron chi connectivity index (χ3n) is 0.995. The van der Waals surface area contributed by atoms with E-state index in [2.05, 4.69) is 15.5 Å². The number of carbonyl (C=O) groups is 1. The second-order valence-corrected chi connectivity index (χ2v) is 3.96. The molecule has 0 radical (unpaired) electrons. The van der Waals surface area contributed by atoms with Crippen molar-refractivity contribution in [2.45, 2.75) is 13.0 Å². The van der Waals surface area contributed by atoms with Gasteiger partial charge in [0.2, 0.25) is 0 Å². The van der Waals surface area contributed by atoms with Gasteiger partial charge in [0.05, 0.1) is 6.26 Å². The first kappa shape index (κ1) is 12.1. The quantitative estimate of drug-likeness (QED) is 0.363. The molecule has 1 unspecified atom stereocenters. The first-order chi connectivity index (χ1) is 5.87. The summed E-state index contributed by atoms with van der Waals surface area (Å²) in [7, 11) is -3.62. The van der Waals surface area contributed by atoms with E-state index in [1.54, 1.807) is 0 Å². The molecule has 0 aromatic rings. The van der Waals surface area contributed by atoms with Crippen molar-refractivity contribution in [1.82, 2.24) is 0 Å². The minimum absolute atomic E-state index is 0.0380. The fourth-order valence-electron chi connectivity index (χ4n) is 0.560. The van der Waals surface area contributed by atoms with Crippen LogP contribution in [-0.2, 0) is 23.8 Å². The van der Waals surface area contributed by atoms with E-state index < -0.39 is 22.2 Å². The average Bonchev–Trinajstić information content (AvgIpc) is 1.96. The Balaban J connectivity index is 4.04.